The second kappa shape index (κ2) is 7.43. The Morgan fingerprint density at radius 3 is 1.96 bits per heavy atom. The van der Waals surface area contributed by atoms with Crippen molar-refractivity contribution >= 4 is 20.0 Å². The quantitative estimate of drug-likeness (QED) is 0.777. The minimum absolute atomic E-state index is 0.0533. The number of rotatable bonds is 7. The van der Waals surface area contributed by atoms with Crippen LogP contribution in [-0.4, -0.2) is 29.4 Å². The first kappa shape index (κ1) is 18.6. The van der Waals surface area contributed by atoms with Gasteiger partial charge < -0.3 is 0 Å². The van der Waals surface area contributed by atoms with E-state index in [-0.39, 0.29) is 16.3 Å². The molecule has 24 heavy (non-hydrogen) atoms. The summed E-state index contributed by atoms with van der Waals surface area (Å²) in [4.78, 5) is 0.282. The molecular weight excluding hydrogens is 348 g/mol. The molecule has 0 spiro atoms. The van der Waals surface area contributed by atoms with Crippen molar-refractivity contribution in [2.75, 3.05) is 6.54 Å². The normalized spacial score (nSPS) is 13.6. The van der Waals surface area contributed by atoms with Crippen LogP contribution in [-0.2, 0) is 20.0 Å². The van der Waals surface area contributed by atoms with E-state index >= 15 is 0 Å². The smallest absolute Gasteiger partial charge is 0.210 e. The van der Waals surface area contributed by atoms with Gasteiger partial charge >= 0.3 is 0 Å². The maximum absolute atomic E-state index is 12.2. The van der Waals surface area contributed by atoms with Crippen molar-refractivity contribution in [3.8, 4) is 0 Å². The summed E-state index contributed by atoms with van der Waals surface area (Å²) in [5.41, 5.74) is 0.956. The molecular formula is C16H20N2O4S2. The highest BCUT2D eigenvalue weighted by Crippen LogP contribution is 2.10. The van der Waals surface area contributed by atoms with E-state index in [1.54, 1.807) is 37.3 Å². The van der Waals surface area contributed by atoms with Crippen LogP contribution in [0, 0.1) is 6.92 Å². The van der Waals surface area contributed by atoms with Crippen molar-refractivity contribution in [3.05, 3.63) is 60.2 Å². The average Bonchev–Trinajstić information content (AvgIpc) is 2.54. The lowest BCUT2D eigenvalue weighted by Gasteiger charge is -2.15. The van der Waals surface area contributed by atoms with Gasteiger partial charge in [-0.25, -0.2) is 26.3 Å². The van der Waals surface area contributed by atoms with E-state index in [0.29, 0.717) is 0 Å². The van der Waals surface area contributed by atoms with Crippen LogP contribution in [0.1, 0.15) is 12.5 Å². The fourth-order valence-electron chi connectivity index (χ4n) is 2.01. The summed E-state index contributed by atoms with van der Waals surface area (Å²) in [6, 6.07) is 13.8. The molecule has 0 amide bonds. The van der Waals surface area contributed by atoms with Crippen LogP contribution in [0.3, 0.4) is 0 Å². The van der Waals surface area contributed by atoms with Crippen molar-refractivity contribution in [3.63, 3.8) is 0 Å². The Morgan fingerprint density at radius 1 is 0.833 bits per heavy atom. The Bertz CT molecular complexity index is 877. The zero-order chi connectivity index (χ0) is 17.8. The van der Waals surface area contributed by atoms with Crippen LogP contribution in [0.15, 0.2) is 64.4 Å². The highest BCUT2D eigenvalue weighted by molar-refractivity contribution is 7.90. The molecule has 8 heteroatoms. The summed E-state index contributed by atoms with van der Waals surface area (Å²) in [6.07, 6.45) is 0. The zero-order valence-corrected chi connectivity index (χ0v) is 15.1. The topological polar surface area (TPSA) is 92.3 Å². The van der Waals surface area contributed by atoms with Gasteiger partial charge in [0.15, 0.2) is 0 Å². The number of aryl methyl sites for hydroxylation is 1. The first-order chi connectivity index (χ1) is 11.2. The standard InChI is InChI=1S/C16H20N2O4S2/c1-13-8-10-16(11-9-13)23(19,20)17-12-14(2)18-24(21,22)15-6-4-3-5-7-15/h3-11,14,17-18H,12H2,1-2H3/t14-/m0/s1. The monoisotopic (exact) mass is 368 g/mol. The van der Waals surface area contributed by atoms with Gasteiger partial charge in [-0.2, -0.15) is 0 Å². The van der Waals surface area contributed by atoms with Crippen LogP contribution < -0.4 is 9.44 Å². The first-order valence-electron chi connectivity index (χ1n) is 7.34. The molecule has 130 valence electrons. The summed E-state index contributed by atoms with van der Waals surface area (Å²) >= 11 is 0. The van der Waals surface area contributed by atoms with Gasteiger partial charge in [-0.1, -0.05) is 35.9 Å². The molecule has 0 fully saturated rings. The summed E-state index contributed by atoms with van der Waals surface area (Å²) in [6.45, 7) is 3.41. The molecule has 6 nitrogen and oxygen atoms in total. The van der Waals surface area contributed by atoms with Gasteiger partial charge in [0.25, 0.3) is 0 Å². The van der Waals surface area contributed by atoms with Crippen LogP contribution in [0.5, 0.6) is 0 Å². The second-order valence-electron chi connectivity index (χ2n) is 5.50. The van der Waals surface area contributed by atoms with Crippen LogP contribution in [0.2, 0.25) is 0 Å². The molecule has 0 saturated carbocycles. The highest BCUT2D eigenvalue weighted by Gasteiger charge is 2.19. The summed E-state index contributed by atoms with van der Waals surface area (Å²) < 4.78 is 53.6. The van der Waals surface area contributed by atoms with Gasteiger partial charge in [-0.3, -0.25) is 0 Å². The predicted octanol–water partition coefficient (Wildman–Crippen LogP) is 1.64. The van der Waals surface area contributed by atoms with Gasteiger partial charge in [-0.05, 0) is 38.1 Å². The summed E-state index contributed by atoms with van der Waals surface area (Å²) in [5.74, 6) is 0. The van der Waals surface area contributed by atoms with Crippen molar-refractivity contribution in [1.82, 2.24) is 9.44 Å². The van der Waals surface area contributed by atoms with E-state index < -0.39 is 26.1 Å². The van der Waals surface area contributed by atoms with Crippen molar-refractivity contribution < 1.29 is 16.8 Å². The Morgan fingerprint density at radius 2 is 1.38 bits per heavy atom. The van der Waals surface area contributed by atoms with E-state index in [9.17, 15) is 16.8 Å². The minimum Gasteiger partial charge on any atom is -0.210 e. The Hall–Kier alpha value is -1.74. The molecule has 0 radical (unpaired) electrons. The Kier molecular flexibility index (Phi) is 5.76. The van der Waals surface area contributed by atoms with Crippen LogP contribution >= 0.6 is 0 Å². The summed E-state index contributed by atoms with van der Waals surface area (Å²) in [7, 11) is -7.36. The summed E-state index contributed by atoms with van der Waals surface area (Å²) in [5, 5.41) is 0. The average molecular weight is 368 g/mol. The fraction of sp³-hybridized carbons (Fsp3) is 0.250. The lowest BCUT2D eigenvalue weighted by Crippen LogP contribution is -2.41. The predicted molar refractivity (Wildman–Crippen MR) is 92.6 cm³/mol. The molecule has 0 bridgehead atoms. The van der Waals surface area contributed by atoms with Gasteiger partial charge in [0.1, 0.15) is 0 Å². The fourth-order valence-corrected chi connectivity index (χ4v) is 4.40. The molecule has 2 aromatic carbocycles. The van der Waals surface area contributed by atoms with E-state index in [4.69, 9.17) is 0 Å². The molecule has 0 aliphatic heterocycles. The van der Waals surface area contributed by atoms with Gasteiger partial charge in [-0.15, -0.1) is 0 Å². The maximum Gasteiger partial charge on any atom is 0.240 e. The molecule has 2 rings (SSSR count). The van der Waals surface area contributed by atoms with E-state index in [0.717, 1.165) is 5.56 Å². The third kappa shape index (κ3) is 4.88. The number of nitrogens with one attached hydrogen (secondary N) is 2. The third-order valence-corrected chi connectivity index (χ3v) is 6.37. The Labute approximate surface area is 143 Å². The second-order valence-corrected chi connectivity index (χ2v) is 8.98. The van der Waals surface area contributed by atoms with Crippen LogP contribution in [0.25, 0.3) is 0 Å². The number of hydrogen-bond acceptors (Lipinski definition) is 4. The van der Waals surface area contributed by atoms with Crippen LogP contribution in [0.4, 0.5) is 0 Å². The molecule has 0 heterocycles. The van der Waals surface area contributed by atoms with Gasteiger partial charge in [0.05, 0.1) is 9.79 Å². The number of benzene rings is 2. The highest BCUT2D eigenvalue weighted by atomic mass is 32.2. The molecule has 0 unspecified atom stereocenters. The van der Waals surface area contributed by atoms with Crippen molar-refractivity contribution in [2.45, 2.75) is 29.7 Å². The molecule has 0 aliphatic rings. The molecule has 2 aromatic rings. The molecule has 0 aromatic heterocycles. The molecule has 1 atom stereocenters. The Balaban J connectivity index is 2.00. The number of hydrogen-bond donors (Lipinski definition) is 2. The van der Waals surface area contributed by atoms with Crippen molar-refractivity contribution in [2.24, 2.45) is 0 Å². The van der Waals surface area contributed by atoms with Gasteiger partial charge in [0.2, 0.25) is 20.0 Å². The third-order valence-electron chi connectivity index (χ3n) is 3.32. The molecule has 0 aliphatic carbocycles. The number of sulfonamides is 2. The maximum atomic E-state index is 12.2. The van der Waals surface area contributed by atoms with Crippen molar-refractivity contribution in [1.29, 1.82) is 0 Å². The SMILES string of the molecule is Cc1ccc(S(=O)(=O)NC[C@H](C)NS(=O)(=O)c2ccccc2)cc1. The van der Waals surface area contributed by atoms with E-state index in [1.807, 2.05) is 6.92 Å². The first-order valence-corrected chi connectivity index (χ1v) is 10.3. The molecule has 2 N–H and O–H groups in total. The zero-order valence-electron chi connectivity index (χ0n) is 13.4. The van der Waals surface area contributed by atoms with Gasteiger partial charge in [0, 0.05) is 12.6 Å². The largest absolute Gasteiger partial charge is 0.240 e. The van der Waals surface area contributed by atoms with E-state index in [1.165, 1.54) is 24.3 Å². The minimum atomic E-state index is -3.68. The lowest BCUT2D eigenvalue weighted by atomic mass is 10.2. The molecule has 0 saturated heterocycles. The lowest BCUT2D eigenvalue weighted by molar-refractivity contribution is 0.545. The van der Waals surface area contributed by atoms with E-state index in [2.05, 4.69) is 9.44 Å².